The van der Waals surface area contributed by atoms with Crippen LogP contribution in [0.1, 0.15) is 59.8 Å². The maximum Gasteiger partial charge on any atom is 0.0122 e. The molecule has 0 aliphatic heterocycles. The van der Waals surface area contributed by atoms with Crippen LogP contribution in [0.15, 0.2) is 0 Å². The topological polar surface area (TPSA) is 12.0 Å². The number of unbranched alkanes of at least 4 members (excludes halogenated alkanes) is 1. The van der Waals surface area contributed by atoms with E-state index >= 15 is 0 Å². The molecule has 1 unspecified atom stereocenters. The molecule has 0 rings (SSSR count). The van der Waals surface area contributed by atoms with E-state index in [2.05, 4.69) is 40.1 Å². The highest BCUT2D eigenvalue weighted by molar-refractivity contribution is 4.75. The fraction of sp³-hybridized carbons (Fsp3) is 1.00. The van der Waals surface area contributed by atoms with E-state index in [4.69, 9.17) is 0 Å². The fourth-order valence-corrected chi connectivity index (χ4v) is 1.43. The Morgan fingerprint density at radius 2 is 1.85 bits per heavy atom. The van der Waals surface area contributed by atoms with Gasteiger partial charge in [-0.05, 0) is 39.7 Å². The molecule has 0 aliphatic carbocycles. The fourth-order valence-electron chi connectivity index (χ4n) is 1.43. The third kappa shape index (κ3) is 7.06. The number of hydrogen-bond acceptors (Lipinski definition) is 1. The van der Waals surface area contributed by atoms with E-state index in [1.54, 1.807) is 0 Å². The molecule has 0 aromatic heterocycles. The molecule has 0 aromatic rings. The molecule has 0 spiro atoms. The van der Waals surface area contributed by atoms with E-state index in [-0.39, 0.29) is 0 Å². The van der Waals surface area contributed by atoms with Crippen LogP contribution in [0.2, 0.25) is 0 Å². The van der Waals surface area contributed by atoms with E-state index in [9.17, 15) is 0 Å². The van der Waals surface area contributed by atoms with Gasteiger partial charge in [-0.25, -0.2) is 0 Å². The molecule has 0 fully saturated rings. The monoisotopic (exact) mass is 185 g/mol. The molecule has 0 heterocycles. The average Bonchev–Trinajstić information content (AvgIpc) is 2.11. The Labute approximate surface area is 84.3 Å². The Kier molecular flexibility index (Phi) is 6.40. The summed E-state index contributed by atoms with van der Waals surface area (Å²) in [6, 6.07) is 0. The van der Waals surface area contributed by atoms with Crippen LogP contribution in [0.4, 0.5) is 0 Å². The van der Waals surface area contributed by atoms with Gasteiger partial charge in [-0.2, -0.15) is 0 Å². The number of nitrogens with one attached hydrogen (secondary N) is 1. The molecular weight excluding hydrogens is 158 g/mol. The van der Waals surface area contributed by atoms with Crippen molar-refractivity contribution >= 4 is 0 Å². The van der Waals surface area contributed by atoms with E-state index in [1.165, 1.54) is 32.1 Å². The van der Waals surface area contributed by atoms with Gasteiger partial charge in [-0.3, -0.25) is 0 Å². The summed E-state index contributed by atoms with van der Waals surface area (Å²) in [5.74, 6) is 0.896. The van der Waals surface area contributed by atoms with Crippen molar-refractivity contribution in [3.63, 3.8) is 0 Å². The molecule has 13 heavy (non-hydrogen) atoms. The molecule has 0 aromatic carbocycles. The SMILES string of the molecule is CCCCC(C)CCC(C)(C)NC. The first-order valence-corrected chi connectivity index (χ1v) is 5.70. The predicted molar refractivity (Wildman–Crippen MR) is 61.1 cm³/mol. The van der Waals surface area contributed by atoms with E-state index in [0.717, 1.165) is 5.92 Å². The second-order valence-electron chi connectivity index (χ2n) is 4.92. The second-order valence-corrected chi connectivity index (χ2v) is 4.92. The van der Waals surface area contributed by atoms with E-state index < -0.39 is 0 Å². The van der Waals surface area contributed by atoms with Crippen LogP contribution in [-0.2, 0) is 0 Å². The lowest BCUT2D eigenvalue weighted by molar-refractivity contribution is 0.337. The van der Waals surface area contributed by atoms with Crippen molar-refractivity contribution < 1.29 is 0 Å². The predicted octanol–water partition coefficient (Wildman–Crippen LogP) is 3.59. The maximum atomic E-state index is 3.35. The lowest BCUT2D eigenvalue weighted by atomic mass is 9.91. The third-order valence-electron chi connectivity index (χ3n) is 2.99. The van der Waals surface area contributed by atoms with Gasteiger partial charge in [0.1, 0.15) is 0 Å². The highest BCUT2D eigenvalue weighted by Gasteiger charge is 2.15. The summed E-state index contributed by atoms with van der Waals surface area (Å²) in [6.07, 6.45) is 6.76. The molecule has 0 radical (unpaired) electrons. The Balaban J connectivity index is 3.51. The number of hydrogen-bond donors (Lipinski definition) is 1. The molecule has 1 heteroatoms. The number of rotatable bonds is 7. The zero-order chi connectivity index (χ0) is 10.3. The van der Waals surface area contributed by atoms with Gasteiger partial charge in [0.05, 0.1) is 0 Å². The summed E-state index contributed by atoms with van der Waals surface area (Å²) in [7, 11) is 2.05. The first-order chi connectivity index (χ1) is 6.02. The summed E-state index contributed by atoms with van der Waals surface area (Å²) in [4.78, 5) is 0. The van der Waals surface area contributed by atoms with Crippen LogP contribution in [0, 0.1) is 5.92 Å². The zero-order valence-corrected chi connectivity index (χ0v) is 10.1. The van der Waals surface area contributed by atoms with Crippen molar-refractivity contribution in [1.82, 2.24) is 5.32 Å². The lowest BCUT2D eigenvalue weighted by Crippen LogP contribution is -2.36. The molecule has 0 amide bonds. The van der Waals surface area contributed by atoms with Gasteiger partial charge in [0.25, 0.3) is 0 Å². The molecule has 0 aliphatic rings. The van der Waals surface area contributed by atoms with Gasteiger partial charge >= 0.3 is 0 Å². The Morgan fingerprint density at radius 3 is 2.31 bits per heavy atom. The Morgan fingerprint density at radius 1 is 1.23 bits per heavy atom. The van der Waals surface area contributed by atoms with Gasteiger partial charge in [0.2, 0.25) is 0 Å². The van der Waals surface area contributed by atoms with Crippen molar-refractivity contribution in [2.45, 2.75) is 65.3 Å². The quantitative estimate of drug-likeness (QED) is 0.639. The van der Waals surface area contributed by atoms with Gasteiger partial charge < -0.3 is 5.32 Å². The molecule has 1 atom stereocenters. The van der Waals surface area contributed by atoms with E-state index in [1.807, 2.05) is 0 Å². The summed E-state index contributed by atoms with van der Waals surface area (Å²) < 4.78 is 0. The second kappa shape index (κ2) is 6.42. The van der Waals surface area contributed by atoms with Crippen LogP contribution >= 0.6 is 0 Å². The van der Waals surface area contributed by atoms with Gasteiger partial charge in [-0.15, -0.1) is 0 Å². The molecule has 0 bridgehead atoms. The van der Waals surface area contributed by atoms with Gasteiger partial charge in [0.15, 0.2) is 0 Å². The van der Waals surface area contributed by atoms with Crippen molar-refractivity contribution in [1.29, 1.82) is 0 Å². The van der Waals surface area contributed by atoms with Crippen LogP contribution in [0.3, 0.4) is 0 Å². The van der Waals surface area contributed by atoms with E-state index in [0.29, 0.717) is 5.54 Å². The Hall–Kier alpha value is -0.0400. The summed E-state index contributed by atoms with van der Waals surface area (Å²) in [5.41, 5.74) is 0.320. The smallest absolute Gasteiger partial charge is 0.0122 e. The molecular formula is C12H27N. The molecule has 80 valence electrons. The minimum atomic E-state index is 0.320. The third-order valence-corrected chi connectivity index (χ3v) is 2.99. The van der Waals surface area contributed by atoms with Crippen LogP contribution in [0.5, 0.6) is 0 Å². The molecule has 0 saturated carbocycles. The van der Waals surface area contributed by atoms with Crippen LogP contribution in [0.25, 0.3) is 0 Å². The largest absolute Gasteiger partial charge is 0.315 e. The highest BCUT2D eigenvalue weighted by Crippen LogP contribution is 2.19. The van der Waals surface area contributed by atoms with Crippen molar-refractivity contribution in [2.24, 2.45) is 5.92 Å². The summed E-state index contributed by atoms with van der Waals surface area (Å²) in [5, 5.41) is 3.35. The standard InChI is InChI=1S/C12H27N/c1-6-7-8-11(2)9-10-12(3,4)13-5/h11,13H,6-10H2,1-5H3. The van der Waals surface area contributed by atoms with Crippen LogP contribution < -0.4 is 5.32 Å². The first kappa shape index (κ1) is 13.0. The van der Waals surface area contributed by atoms with Gasteiger partial charge in [-0.1, -0.05) is 33.1 Å². The summed E-state index contributed by atoms with van der Waals surface area (Å²) >= 11 is 0. The average molecular weight is 185 g/mol. The first-order valence-electron chi connectivity index (χ1n) is 5.70. The zero-order valence-electron chi connectivity index (χ0n) is 10.1. The molecule has 0 saturated heterocycles. The van der Waals surface area contributed by atoms with Crippen molar-refractivity contribution in [3.05, 3.63) is 0 Å². The van der Waals surface area contributed by atoms with Crippen molar-refractivity contribution in [2.75, 3.05) is 7.05 Å². The molecule has 1 nitrogen and oxygen atoms in total. The minimum absolute atomic E-state index is 0.320. The lowest BCUT2D eigenvalue weighted by Gasteiger charge is -2.25. The highest BCUT2D eigenvalue weighted by atomic mass is 14.9. The normalized spacial score (nSPS) is 14.5. The van der Waals surface area contributed by atoms with Gasteiger partial charge in [0, 0.05) is 5.54 Å². The van der Waals surface area contributed by atoms with Crippen molar-refractivity contribution in [3.8, 4) is 0 Å². The minimum Gasteiger partial charge on any atom is -0.315 e. The Bertz CT molecular complexity index is 118. The summed E-state index contributed by atoms with van der Waals surface area (Å²) in [6.45, 7) is 9.20. The molecule has 1 N–H and O–H groups in total. The maximum absolute atomic E-state index is 3.35. The van der Waals surface area contributed by atoms with Crippen LogP contribution in [-0.4, -0.2) is 12.6 Å².